The van der Waals surface area contributed by atoms with E-state index in [1.54, 1.807) is 26.4 Å². The van der Waals surface area contributed by atoms with Gasteiger partial charge in [0.2, 0.25) is 0 Å². The number of methoxy groups -OCH3 is 2. The van der Waals surface area contributed by atoms with Gasteiger partial charge in [-0.1, -0.05) is 12.1 Å². The predicted molar refractivity (Wildman–Crippen MR) is 103 cm³/mol. The first-order valence-corrected chi connectivity index (χ1v) is 8.30. The molecule has 2 aromatic carbocycles. The van der Waals surface area contributed by atoms with Crippen molar-refractivity contribution >= 4 is 18.1 Å². The first-order chi connectivity index (χ1) is 12.1. The van der Waals surface area contributed by atoms with Gasteiger partial charge in [-0.05, 0) is 41.7 Å². The van der Waals surface area contributed by atoms with Crippen LogP contribution in [0.15, 0.2) is 36.4 Å². The first kappa shape index (κ1) is 20.0. The van der Waals surface area contributed by atoms with E-state index in [1.165, 1.54) is 11.1 Å². The maximum Gasteiger partial charge on any atom is 0.269 e. The van der Waals surface area contributed by atoms with Crippen LogP contribution in [0.4, 0.5) is 5.69 Å². The third-order valence-corrected chi connectivity index (χ3v) is 4.66. The van der Waals surface area contributed by atoms with Gasteiger partial charge in [0.25, 0.3) is 5.69 Å². The van der Waals surface area contributed by atoms with Crippen molar-refractivity contribution in [3.05, 3.63) is 63.2 Å². The van der Waals surface area contributed by atoms with Gasteiger partial charge in [0.05, 0.1) is 19.1 Å². The van der Waals surface area contributed by atoms with Crippen molar-refractivity contribution in [1.29, 1.82) is 0 Å². The number of nitro benzene ring substituents is 1. The Kier molecular flexibility index (Phi) is 6.83. The van der Waals surface area contributed by atoms with Gasteiger partial charge in [0, 0.05) is 31.8 Å². The molecule has 0 unspecified atom stereocenters. The molecule has 2 aromatic rings. The Hall–Kier alpha value is -2.31. The lowest BCUT2D eigenvalue weighted by Crippen LogP contribution is -2.32. The Morgan fingerprint density at radius 3 is 2.27 bits per heavy atom. The molecule has 26 heavy (non-hydrogen) atoms. The molecule has 0 saturated carbocycles. The van der Waals surface area contributed by atoms with Crippen LogP contribution < -0.4 is 9.47 Å². The summed E-state index contributed by atoms with van der Waals surface area (Å²) in [6, 6.07) is 10.9. The quantitative estimate of drug-likeness (QED) is 0.567. The number of nitrogens with zero attached hydrogens (tertiary/aromatic N) is 2. The highest BCUT2D eigenvalue weighted by Crippen LogP contribution is 2.33. The summed E-state index contributed by atoms with van der Waals surface area (Å²) >= 11 is 0. The summed E-state index contributed by atoms with van der Waals surface area (Å²) in [6.07, 6.45) is 1.86. The van der Waals surface area contributed by atoms with Crippen molar-refractivity contribution in [3.8, 4) is 11.5 Å². The van der Waals surface area contributed by atoms with Gasteiger partial charge in [-0.3, -0.25) is 15.0 Å². The fourth-order valence-electron chi connectivity index (χ4n) is 3.20. The molecule has 0 N–H and O–H groups in total. The number of rotatable bonds is 6. The Bertz CT molecular complexity index is 765. The number of benzene rings is 2. The minimum absolute atomic E-state index is 0. The van der Waals surface area contributed by atoms with Crippen LogP contribution in [-0.2, 0) is 19.4 Å². The molecule has 0 aliphatic carbocycles. The Labute approximate surface area is 159 Å². The second-order valence-electron chi connectivity index (χ2n) is 6.18. The van der Waals surface area contributed by atoms with Gasteiger partial charge in [0.15, 0.2) is 11.5 Å². The summed E-state index contributed by atoms with van der Waals surface area (Å²) in [5, 5.41) is 10.7. The maximum absolute atomic E-state index is 10.7. The zero-order chi connectivity index (χ0) is 17.8. The van der Waals surface area contributed by atoms with Crippen LogP contribution in [0.2, 0.25) is 0 Å². The molecule has 3 rings (SSSR count). The van der Waals surface area contributed by atoms with Crippen LogP contribution in [-0.4, -0.2) is 37.1 Å². The highest BCUT2D eigenvalue weighted by atomic mass is 35.5. The third kappa shape index (κ3) is 4.45. The molecule has 0 fully saturated rings. The Balaban J connectivity index is 0.00000243. The van der Waals surface area contributed by atoms with Crippen molar-refractivity contribution in [3.63, 3.8) is 0 Å². The monoisotopic (exact) mass is 378 g/mol. The van der Waals surface area contributed by atoms with Gasteiger partial charge < -0.3 is 9.47 Å². The van der Waals surface area contributed by atoms with Crippen molar-refractivity contribution in [2.75, 3.05) is 27.3 Å². The zero-order valence-electron chi connectivity index (χ0n) is 14.9. The summed E-state index contributed by atoms with van der Waals surface area (Å²) in [4.78, 5) is 12.7. The van der Waals surface area contributed by atoms with Gasteiger partial charge >= 0.3 is 0 Å². The van der Waals surface area contributed by atoms with Crippen molar-refractivity contribution < 1.29 is 14.4 Å². The van der Waals surface area contributed by atoms with E-state index in [9.17, 15) is 10.1 Å². The van der Waals surface area contributed by atoms with E-state index in [4.69, 9.17) is 9.47 Å². The molecule has 140 valence electrons. The molecule has 7 heteroatoms. The highest BCUT2D eigenvalue weighted by molar-refractivity contribution is 5.85. The summed E-state index contributed by atoms with van der Waals surface area (Å²) in [5.74, 6) is 1.54. The third-order valence-electron chi connectivity index (χ3n) is 4.66. The number of ether oxygens (including phenoxy) is 2. The smallest absolute Gasteiger partial charge is 0.269 e. The standard InChI is InChI=1S/C19H22N2O4.ClH/c1-24-18-11-15-8-10-20(13-16(15)12-19(18)25-2)9-7-14-3-5-17(6-4-14)21(22)23;/h3-6,11-12H,7-10,13H2,1-2H3;1H. The van der Waals surface area contributed by atoms with Crippen molar-refractivity contribution in [2.24, 2.45) is 0 Å². The van der Waals surface area contributed by atoms with Crippen molar-refractivity contribution in [1.82, 2.24) is 4.90 Å². The van der Waals surface area contributed by atoms with Gasteiger partial charge in [-0.2, -0.15) is 0 Å². The molecule has 0 amide bonds. The second-order valence-corrected chi connectivity index (χ2v) is 6.18. The molecule has 1 heterocycles. The lowest BCUT2D eigenvalue weighted by molar-refractivity contribution is -0.384. The van der Waals surface area contributed by atoms with E-state index in [0.717, 1.165) is 49.5 Å². The first-order valence-electron chi connectivity index (χ1n) is 8.30. The average molecular weight is 379 g/mol. The topological polar surface area (TPSA) is 64.8 Å². The number of fused-ring (bicyclic) bond motifs is 1. The predicted octanol–water partition coefficient (Wildman–Crippen LogP) is 3.63. The second kappa shape index (κ2) is 8.87. The fraction of sp³-hybridized carbons (Fsp3) is 0.368. The number of hydrogen-bond donors (Lipinski definition) is 0. The Morgan fingerprint density at radius 2 is 1.69 bits per heavy atom. The molecule has 0 spiro atoms. The fourth-order valence-corrected chi connectivity index (χ4v) is 3.20. The van der Waals surface area contributed by atoms with Crippen molar-refractivity contribution in [2.45, 2.75) is 19.4 Å². The van der Waals surface area contributed by atoms with E-state index < -0.39 is 0 Å². The minimum atomic E-state index is -0.368. The lowest BCUT2D eigenvalue weighted by atomic mass is 9.98. The van der Waals surface area contributed by atoms with Crippen LogP contribution in [0.1, 0.15) is 16.7 Å². The zero-order valence-corrected chi connectivity index (χ0v) is 15.8. The van der Waals surface area contributed by atoms with Crippen LogP contribution in [0.5, 0.6) is 11.5 Å². The number of halogens is 1. The van der Waals surface area contributed by atoms with E-state index >= 15 is 0 Å². The van der Waals surface area contributed by atoms with Crippen LogP contribution in [0, 0.1) is 10.1 Å². The molecule has 0 bridgehead atoms. The molecule has 0 saturated heterocycles. The maximum atomic E-state index is 10.7. The summed E-state index contributed by atoms with van der Waals surface area (Å²) < 4.78 is 10.8. The van der Waals surface area contributed by atoms with Crippen LogP contribution >= 0.6 is 12.4 Å². The minimum Gasteiger partial charge on any atom is -0.493 e. The summed E-state index contributed by atoms with van der Waals surface area (Å²) in [5.41, 5.74) is 3.83. The molecule has 0 atom stereocenters. The Morgan fingerprint density at radius 1 is 1.08 bits per heavy atom. The van der Waals surface area contributed by atoms with Gasteiger partial charge in [-0.25, -0.2) is 0 Å². The molecule has 1 aliphatic rings. The normalized spacial score (nSPS) is 13.5. The molecule has 6 nitrogen and oxygen atoms in total. The largest absolute Gasteiger partial charge is 0.493 e. The molecule has 0 radical (unpaired) electrons. The average Bonchev–Trinajstić information content (AvgIpc) is 2.65. The number of nitro groups is 1. The molecule has 1 aliphatic heterocycles. The molecular weight excluding hydrogens is 356 g/mol. The van der Waals surface area contributed by atoms with E-state index in [-0.39, 0.29) is 23.0 Å². The lowest BCUT2D eigenvalue weighted by Gasteiger charge is -2.29. The van der Waals surface area contributed by atoms with E-state index in [0.29, 0.717) is 0 Å². The summed E-state index contributed by atoms with van der Waals surface area (Å²) in [6.45, 7) is 2.80. The van der Waals surface area contributed by atoms with Crippen LogP contribution in [0.3, 0.4) is 0 Å². The molecular formula is C19H23ClN2O4. The number of hydrogen-bond acceptors (Lipinski definition) is 5. The SMILES string of the molecule is COc1cc2c(cc1OC)CN(CCc1ccc([N+](=O)[O-])cc1)CC2.Cl. The highest BCUT2D eigenvalue weighted by Gasteiger charge is 2.19. The number of non-ortho nitro benzene ring substituents is 1. The van der Waals surface area contributed by atoms with Gasteiger partial charge in [-0.15, -0.1) is 12.4 Å². The summed E-state index contributed by atoms with van der Waals surface area (Å²) in [7, 11) is 3.31. The van der Waals surface area contributed by atoms with Gasteiger partial charge in [0.1, 0.15) is 0 Å². The van der Waals surface area contributed by atoms with E-state index in [1.807, 2.05) is 12.1 Å². The van der Waals surface area contributed by atoms with Crippen LogP contribution in [0.25, 0.3) is 0 Å². The molecule has 0 aromatic heterocycles. The van der Waals surface area contributed by atoms with E-state index in [2.05, 4.69) is 17.0 Å².